The molecule has 178 valence electrons. The summed E-state index contributed by atoms with van der Waals surface area (Å²) in [6, 6.07) is 22.9. The van der Waals surface area contributed by atoms with E-state index in [1.807, 2.05) is 86.0 Å². The van der Waals surface area contributed by atoms with E-state index in [9.17, 15) is 9.59 Å². The number of aromatic nitrogens is 1. The number of benzene rings is 3. The monoisotopic (exact) mass is 565 g/mol. The van der Waals surface area contributed by atoms with Gasteiger partial charge >= 0.3 is 0 Å². The molecule has 35 heavy (non-hydrogen) atoms. The lowest BCUT2D eigenvalue weighted by Crippen LogP contribution is -2.24. The van der Waals surface area contributed by atoms with Crippen LogP contribution >= 0.6 is 39.0 Å². The minimum atomic E-state index is -0.294. The molecule has 1 unspecified atom stereocenters. The molecule has 1 heterocycles. The second-order valence-corrected chi connectivity index (χ2v) is 11.0. The fourth-order valence-electron chi connectivity index (χ4n) is 3.39. The van der Waals surface area contributed by atoms with Gasteiger partial charge in [0.15, 0.2) is 5.13 Å². The van der Waals surface area contributed by atoms with Crippen LogP contribution in [0.4, 0.5) is 10.8 Å². The third kappa shape index (κ3) is 6.81. The van der Waals surface area contributed by atoms with E-state index in [0.29, 0.717) is 22.8 Å². The molecular formula is C27H24BrN3O2S2. The van der Waals surface area contributed by atoms with Gasteiger partial charge in [0.25, 0.3) is 5.91 Å². The van der Waals surface area contributed by atoms with Gasteiger partial charge in [0, 0.05) is 31.6 Å². The molecular weight excluding hydrogens is 542 g/mol. The number of halogens is 1. The van der Waals surface area contributed by atoms with Crippen molar-refractivity contribution >= 4 is 61.7 Å². The van der Waals surface area contributed by atoms with Crippen molar-refractivity contribution in [3.63, 3.8) is 0 Å². The van der Waals surface area contributed by atoms with Crippen molar-refractivity contribution in [2.45, 2.75) is 30.4 Å². The summed E-state index contributed by atoms with van der Waals surface area (Å²) in [5, 5.41) is 8.12. The molecule has 0 radical (unpaired) electrons. The van der Waals surface area contributed by atoms with Gasteiger partial charge in [0.1, 0.15) is 0 Å². The Labute approximate surface area is 221 Å². The normalized spacial score (nSPS) is 11.6. The summed E-state index contributed by atoms with van der Waals surface area (Å²) in [7, 11) is 0. The fraction of sp³-hybridized carbons (Fsp3) is 0.148. The van der Waals surface area contributed by atoms with Gasteiger partial charge in [-0.15, -0.1) is 23.1 Å². The summed E-state index contributed by atoms with van der Waals surface area (Å²) in [5.41, 5.74) is 4.16. The molecule has 3 aromatic carbocycles. The van der Waals surface area contributed by atoms with Crippen LogP contribution in [0.15, 0.2) is 87.5 Å². The Hall–Kier alpha value is -2.94. The lowest BCUT2D eigenvalue weighted by molar-refractivity contribution is -0.115. The zero-order chi connectivity index (χ0) is 24.8. The minimum Gasteiger partial charge on any atom is -0.322 e. The maximum Gasteiger partial charge on any atom is 0.255 e. The van der Waals surface area contributed by atoms with Gasteiger partial charge in [-0.3, -0.25) is 9.59 Å². The third-order valence-electron chi connectivity index (χ3n) is 5.19. The summed E-state index contributed by atoms with van der Waals surface area (Å²) in [6.45, 7) is 3.94. The predicted molar refractivity (Wildman–Crippen MR) is 149 cm³/mol. The molecule has 0 fully saturated rings. The molecule has 0 bridgehead atoms. The van der Waals surface area contributed by atoms with E-state index in [2.05, 4.69) is 31.5 Å². The van der Waals surface area contributed by atoms with Crippen LogP contribution in [0.2, 0.25) is 0 Å². The molecule has 0 saturated carbocycles. The summed E-state index contributed by atoms with van der Waals surface area (Å²) in [5.74, 6) is -0.255. The molecule has 2 N–H and O–H groups in total. The highest BCUT2D eigenvalue weighted by Crippen LogP contribution is 2.30. The Morgan fingerprint density at radius 1 is 1.03 bits per heavy atom. The van der Waals surface area contributed by atoms with Crippen molar-refractivity contribution < 1.29 is 9.59 Å². The average molecular weight is 567 g/mol. The van der Waals surface area contributed by atoms with Crippen molar-refractivity contribution in [1.82, 2.24) is 4.98 Å². The Bertz CT molecular complexity index is 1340. The molecule has 0 saturated heterocycles. The first-order valence-corrected chi connectivity index (χ1v) is 13.6. The first kappa shape index (κ1) is 25.2. The number of nitrogens with one attached hydrogen (secondary N) is 2. The number of carbonyl (C=O) groups excluding carboxylic acids is 2. The van der Waals surface area contributed by atoms with Gasteiger partial charge in [-0.05, 0) is 55.8 Å². The van der Waals surface area contributed by atoms with Crippen molar-refractivity contribution in [2.75, 3.05) is 10.6 Å². The van der Waals surface area contributed by atoms with Crippen LogP contribution in [-0.2, 0) is 4.79 Å². The fourth-order valence-corrected chi connectivity index (χ4v) is 5.39. The maximum atomic E-state index is 13.0. The van der Waals surface area contributed by atoms with E-state index < -0.39 is 0 Å². The number of thioether (sulfide) groups is 1. The van der Waals surface area contributed by atoms with Gasteiger partial charge < -0.3 is 10.6 Å². The molecule has 8 heteroatoms. The van der Waals surface area contributed by atoms with E-state index in [1.54, 1.807) is 6.07 Å². The molecule has 1 aromatic heterocycles. The molecule has 4 aromatic rings. The van der Waals surface area contributed by atoms with Crippen LogP contribution in [0.1, 0.15) is 29.3 Å². The van der Waals surface area contributed by atoms with Gasteiger partial charge in [0.05, 0.1) is 10.9 Å². The first-order chi connectivity index (χ1) is 16.9. The SMILES string of the molecule is CCC(Sc1cccc(NC(=O)c2cccc(C)c2)c1)C(=O)Nc1nc(-c2ccc(Br)cc2)cs1. The second-order valence-electron chi connectivity index (χ2n) is 7.90. The lowest BCUT2D eigenvalue weighted by atomic mass is 10.1. The van der Waals surface area contributed by atoms with E-state index in [4.69, 9.17) is 0 Å². The Kier molecular flexibility index (Phi) is 8.38. The number of anilines is 2. The number of hydrogen-bond acceptors (Lipinski definition) is 5. The van der Waals surface area contributed by atoms with E-state index in [0.717, 1.165) is 26.2 Å². The molecule has 0 aliphatic carbocycles. The lowest BCUT2D eigenvalue weighted by Gasteiger charge is -2.14. The number of amides is 2. The molecule has 1 atom stereocenters. The predicted octanol–water partition coefficient (Wildman–Crippen LogP) is 7.64. The van der Waals surface area contributed by atoms with E-state index in [1.165, 1.54) is 23.1 Å². The number of aryl methyl sites for hydroxylation is 1. The Morgan fingerprint density at radius 2 is 1.80 bits per heavy atom. The molecule has 2 amide bonds. The number of thiazole rings is 1. The van der Waals surface area contributed by atoms with Crippen LogP contribution < -0.4 is 10.6 Å². The smallest absolute Gasteiger partial charge is 0.255 e. The van der Waals surface area contributed by atoms with E-state index in [-0.39, 0.29) is 17.1 Å². The highest BCUT2D eigenvalue weighted by atomic mass is 79.9. The van der Waals surface area contributed by atoms with Gasteiger partial charge in [-0.25, -0.2) is 4.98 Å². The van der Waals surface area contributed by atoms with Crippen LogP contribution in [0.5, 0.6) is 0 Å². The van der Waals surface area contributed by atoms with Crippen molar-refractivity contribution in [3.8, 4) is 11.3 Å². The second kappa shape index (κ2) is 11.7. The largest absolute Gasteiger partial charge is 0.322 e. The van der Waals surface area contributed by atoms with Gasteiger partial charge in [0.2, 0.25) is 5.91 Å². The third-order valence-corrected chi connectivity index (χ3v) is 7.83. The van der Waals surface area contributed by atoms with Crippen LogP contribution in [-0.4, -0.2) is 22.0 Å². The zero-order valence-electron chi connectivity index (χ0n) is 19.2. The van der Waals surface area contributed by atoms with Crippen molar-refractivity contribution in [3.05, 3.63) is 93.8 Å². The molecule has 5 nitrogen and oxygen atoms in total. The standard InChI is InChI=1S/C27H24BrN3O2S2/c1-3-24(26(33)31-27-30-23(16-34-27)18-10-12-20(28)13-11-18)35-22-9-5-8-21(15-22)29-25(32)19-7-4-6-17(2)14-19/h4-16,24H,3H2,1-2H3,(H,29,32)(H,30,31,33). The van der Waals surface area contributed by atoms with Gasteiger partial charge in [-0.2, -0.15) is 0 Å². The van der Waals surface area contributed by atoms with Crippen LogP contribution in [0.3, 0.4) is 0 Å². The number of rotatable bonds is 8. The summed E-state index contributed by atoms with van der Waals surface area (Å²) >= 11 is 6.31. The highest BCUT2D eigenvalue weighted by molar-refractivity contribution is 9.10. The Morgan fingerprint density at radius 3 is 2.54 bits per heavy atom. The average Bonchev–Trinajstić information content (AvgIpc) is 3.31. The highest BCUT2D eigenvalue weighted by Gasteiger charge is 2.20. The maximum absolute atomic E-state index is 13.0. The first-order valence-electron chi connectivity index (χ1n) is 11.1. The molecule has 0 aliphatic rings. The van der Waals surface area contributed by atoms with Crippen molar-refractivity contribution in [1.29, 1.82) is 0 Å². The zero-order valence-corrected chi connectivity index (χ0v) is 22.5. The Balaban J connectivity index is 1.39. The van der Waals surface area contributed by atoms with Crippen LogP contribution in [0.25, 0.3) is 11.3 Å². The number of hydrogen-bond donors (Lipinski definition) is 2. The molecule has 0 spiro atoms. The quantitative estimate of drug-likeness (QED) is 0.215. The summed E-state index contributed by atoms with van der Waals surface area (Å²) in [6.07, 6.45) is 0.654. The number of carbonyl (C=O) groups is 2. The van der Waals surface area contributed by atoms with Gasteiger partial charge in [-0.1, -0.05) is 58.7 Å². The topological polar surface area (TPSA) is 71.1 Å². The molecule has 0 aliphatic heterocycles. The van der Waals surface area contributed by atoms with Crippen LogP contribution in [0, 0.1) is 6.92 Å². The summed E-state index contributed by atoms with van der Waals surface area (Å²) in [4.78, 5) is 31.1. The van der Waals surface area contributed by atoms with E-state index >= 15 is 0 Å². The number of nitrogens with zero attached hydrogens (tertiary/aromatic N) is 1. The molecule has 4 rings (SSSR count). The summed E-state index contributed by atoms with van der Waals surface area (Å²) < 4.78 is 1.01. The minimum absolute atomic E-state index is 0.0941. The van der Waals surface area contributed by atoms with Crippen molar-refractivity contribution in [2.24, 2.45) is 0 Å².